The molecule has 1 aromatic carbocycles. The molecule has 1 heterocycles. The van der Waals surface area contributed by atoms with Gasteiger partial charge in [-0.1, -0.05) is 6.07 Å². The van der Waals surface area contributed by atoms with Gasteiger partial charge in [-0.05, 0) is 24.3 Å². The first kappa shape index (κ1) is 9.33. The van der Waals surface area contributed by atoms with E-state index < -0.39 is 5.97 Å². The smallest absolute Gasteiger partial charge is 0.336 e. The maximum atomic E-state index is 10.9. The van der Waals surface area contributed by atoms with Crippen molar-refractivity contribution in [2.45, 2.75) is 0 Å². The zero-order chi connectivity index (χ0) is 10.8. The van der Waals surface area contributed by atoms with Gasteiger partial charge in [-0.15, -0.1) is 0 Å². The monoisotopic (exact) mass is 201 g/mol. The Morgan fingerprint density at radius 3 is 2.73 bits per heavy atom. The zero-order valence-electron chi connectivity index (χ0n) is 7.68. The van der Waals surface area contributed by atoms with E-state index >= 15 is 0 Å². The molecule has 0 saturated heterocycles. The molecule has 0 fully saturated rings. The summed E-state index contributed by atoms with van der Waals surface area (Å²) >= 11 is 0. The van der Waals surface area contributed by atoms with Gasteiger partial charge < -0.3 is 5.11 Å². The van der Waals surface area contributed by atoms with Crippen LogP contribution in [-0.2, 0) is 0 Å². The number of carboxylic acids is 1. The van der Waals surface area contributed by atoms with E-state index in [0.717, 1.165) is 0 Å². The molecule has 0 bridgehead atoms. The molecule has 0 spiro atoms. The van der Waals surface area contributed by atoms with E-state index in [-0.39, 0.29) is 5.56 Å². The summed E-state index contributed by atoms with van der Waals surface area (Å²) in [6.07, 6.45) is 0.632. The van der Waals surface area contributed by atoms with Crippen LogP contribution in [0.4, 0.5) is 0 Å². The molecule has 74 valence electrons. The van der Waals surface area contributed by atoms with E-state index in [9.17, 15) is 9.59 Å². The van der Waals surface area contributed by atoms with Gasteiger partial charge in [-0.3, -0.25) is 4.79 Å². The van der Waals surface area contributed by atoms with E-state index in [4.69, 9.17) is 5.11 Å². The van der Waals surface area contributed by atoms with Crippen molar-refractivity contribution in [1.82, 2.24) is 4.98 Å². The van der Waals surface area contributed by atoms with Crippen molar-refractivity contribution in [3.8, 4) is 0 Å². The topological polar surface area (TPSA) is 67.3 Å². The maximum absolute atomic E-state index is 10.9. The molecule has 0 amide bonds. The first-order chi connectivity index (χ1) is 7.22. The minimum atomic E-state index is -0.999. The summed E-state index contributed by atoms with van der Waals surface area (Å²) in [5, 5.41) is 9.45. The van der Waals surface area contributed by atoms with Crippen LogP contribution in [-0.4, -0.2) is 22.3 Å². The Bertz CT molecular complexity index is 549. The molecule has 0 radical (unpaired) electrons. The highest BCUT2D eigenvalue weighted by Crippen LogP contribution is 2.17. The van der Waals surface area contributed by atoms with Crippen molar-refractivity contribution < 1.29 is 14.7 Å². The minimum absolute atomic E-state index is 0.192. The van der Waals surface area contributed by atoms with E-state index in [1.165, 1.54) is 12.1 Å². The lowest BCUT2D eigenvalue weighted by molar-refractivity contribution is 0.0699. The Labute approximate surface area is 85.2 Å². The fourth-order valence-corrected chi connectivity index (χ4v) is 1.42. The van der Waals surface area contributed by atoms with Gasteiger partial charge in [0, 0.05) is 5.39 Å². The molecular formula is C11H7NO3. The normalized spacial score (nSPS) is 10.1. The number of aldehydes is 1. The number of fused-ring (bicyclic) bond motifs is 1. The zero-order valence-corrected chi connectivity index (χ0v) is 7.68. The van der Waals surface area contributed by atoms with Crippen molar-refractivity contribution in [3.05, 3.63) is 41.6 Å². The minimum Gasteiger partial charge on any atom is -0.478 e. The second-order valence-corrected chi connectivity index (χ2v) is 3.03. The summed E-state index contributed by atoms with van der Waals surface area (Å²) in [6, 6.07) is 7.88. The summed E-state index contributed by atoms with van der Waals surface area (Å²) in [5.41, 5.74) is 1.00. The molecule has 15 heavy (non-hydrogen) atoms. The van der Waals surface area contributed by atoms with Crippen LogP contribution in [0.1, 0.15) is 20.8 Å². The van der Waals surface area contributed by atoms with Crippen LogP contribution in [0.25, 0.3) is 10.9 Å². The van der Waals surface area contributed by atoms with Gasteiger partial charge in [0.15, 0.2) is 6.29 Å². The van der Waals surface area contributed by atoms with Crippen molar-refractivity contribution in [2.24, 2.45) is 0 Å². The Kier molecular flexibility index (Phi) is 2.17. The number of nitrogens with zero attached hydrogens (tertiary/aromatic N) is 1. The molecule has 4 heteroatoms. The molecule has 4 nitrogen and oxygen atoms in total. The lowest BCUT2D eigenvalue weighted by Crippen LogP contribution is -1.98. The van der Waals surface area contributed by atoms with Crippen molar-refractivity contribution in [2.75, 3.05) is 0 Å². The fraction of sp³-hybridized carbons (Fsp3) is 0. The quantitative estimate of drug-likeness (QED) is 0.751. The first-order valence-electron chi connectivity index (χ1n) is 4.30. The van der Waals surface area contributed by atoms with Crippen LogP contribution in [0.15, 0.2) is 30.3 Å². The third kappa shape index (κ3) is 1.57. The van der Waals surface area contributed by atoms with Gasteiger partial charge >= 0.3 is 5.97 Å². The van der Waals surface area contributed by atoms with E-state index in [2.05, 4.69) is 4.98 Å². The predicted molar refractivity (Wildman–Crippen MR) is 54.1 cm³/mol. The van der Waals surface area contributed by atoms with Crippen LogP contribution >= 0.6 is 0 Å². The number of carboxylic acid groups (broad SMARTS) is 1. The summed E-state index contributed by atoms with van der Waals surface area (Å²) < 4.78 is 0. The number of aromatic nitrogens is 1. The second-order valence-electron chi connectivity index (χ2n) is 3.03. The highest BCUT2D eigenvalue weighted by atomic mass is 16.4. The Balaban J connectivity index is 2.77. The number of hydrogen-bond donors (Lipinski definition) is 1. The summed E-state index contributed by atoms with van der Waals surface area (Å²) in [6.45, 7) is 0. The molecule has 0 aliphatic heterocycles. The highest BCUT2D eigenvalue weighted by molar-refractivity contribution is 6.02. The first-order valence-corrected chi connectivity index (χ1v) is 4.30. The van der Waals surface area contributed by atoms with Crippen LogP contribution < -0.4 is 0 Å². The molecule has 1 N–H and O–H groups in total. The average molecular weight is 201 g/mol. The number of rotatable bonds is 2. The lowest BCUT2D eigenvalue weighted by atomic mass is 10.1. The highest BCUT2D eigenvalue weighted by Gasteiger charge is 2.08. The molecule has 1 aromatic heterocycles. The third-order valence-electron chi connectivity index (χ3n) is 2.10. The van der Waals surface area contributed by atoms with Gasteiger partial charge in [-0.25, -0.2) is 9.78 Å². The largest absolute Gasteiger partial charge is 0.478 e. The molecule has 2 aromatic rings. The van der Waals surface area contributed by atoms with Gasteiger partial charge in [0.1, 0.15) is 5.69 Å². The number of carbonyl (C=O) groups is 2. The number of pyridine rings is 1. The Hall–Kier alpha value is -2.23. The second kappa shape index (κ2) is 3.49. The molecule has 2 rings (SSSR count). The van der Waals surface area contributed by atoms with Crippen molar-refractivity contribution in [1.29, 1.82) is 0 Å². The van der Waals surface area contributed by atoms with Crippen LogP contribution in [0.5, 0.6) is 0 Å². The number of hydrogen-bond acceptors (Lipinski definition) is 3. The summed E-state index contributed by atoms with van der Waals surface area (Å²) in [4.78, 5) is 25.4. The number of aromatic carboxylic acids is 1. The van der Waals surface area contributed by atoms with Crippen LogP contribution in [0.3, 0.4) is 0 Å². The van der Waals surface area contributed by atoms with Gasteiger partial charge in [-0.2, -0.15) is 0 Å². The molecular weight excluding hydrogens is 194 g/mol. The fourth-order valence-electron chi connectivity index (χ4n) is 1.42. The molecule has 0 atom stereocenters. The molecule has 0 aliphatic carbocycles. The van der Waals surface area contributed by atoms with E-state index in [1.54, 1.807) is 18.2 Å². The predicted octanol–water partition coefficient (Wildman–Crippen LogP) is 1.75. The standard InChI is InChI=1S/C11H7NO3/c13-6-7-4-5-8-9(11(14)15)2-1-3-10(8)12-7/h1-6H,(H,14,15). The maximum Gasteiger partial charge on any atom is 0.336 e. The third-order valence-corrected chi connectivity index (χ3v) is 2.10. The summed E-state index contributed by atoms with van der Waals surface area (Å²) in [7, 11) is 0. The summed E-state index contributed by atoms with van der Waals surface area (Å²) in [5.74, 6) is -0.999. The SMILES string of the molecule is O=Cc1ccc2c(C(=O)O)cccc2n1. The van der Waals surface area contributed by atoms with Gasteiger partial charge in [0.05, 0.1) is 11.1 Å². The van der Waals surface area contributed by atoms with Crippen LogP contribution in [0, 0.1) is 0 Å². The average Bonchev–Trinajstić information content (AvgIpc) is 2.27. The molecule has 0 unspecified atom stereocenters. The molecule has 0 aliphatic rings. The van der Waals surface area contributed by atoms with E-state index in [1.807, 2.05) is 0 Å². The lowest BCUT2D eigenvalue weighted by Gasteiger charge is -2.01. The van der Waals surface area contributed by atoms with Gasteiger partial charge in [0.25, 0.3) is 0 Å². The van der Waals surface area contributed by atoms with Crippen molar-refractivity contribution >= 4 is 23.2 Å². The van der Waals surface area contributed by atoms with Crippen molar-refractivity contribution in [3.63, 3.8) is 0 Å². The molecule has 0 saturated carbocycles. The van der Waals surface area contributed by atoms with E-state index in [0.29, 0.717) is 22.9 Å². The Morgan fingerprint density at radius 1 is 1.27 bits per heavy atom. The Morgan fingerprint density at radius 2 is 2.07 bits per heavy atom. The number of carbonyl (C=O) groups excluding carboxylic acids is 1. The van der Waals surface area contributed by atoms with Gasteiger partial charge in [0.2, 0.25) is 0 Å². The van der Waals surface area contributed by atoms with Crippen LogP contribution in [0.2, 0.25) is 0 Å². The number of benzene rings is 1.